The van der Waals surface area contributed by atoms with Gasteiger partial charge in [0.2, 0.25) is 0 Å². The van der Waals surface area contributed by atoms with Crippen LogP contribution in [0.2, 0.25) is 5.02 Å². The fourth-order valence-corrected chi connectivity index (χ4v) is 3.29. The number of allylic oxidation sites excluding steroid dienone is 2. The van der Waals surface area contributed by atoms with Crippen molar-refractivity contribution < 1.29 is 9.90 Å². The molecule has 1 N–H and O–H groups in total. The lowest BCUT2D eigenvalue weighted by Crippen LogP contribution is -2.27. The normalized spacial score (nSPS) is 12.9. The number of nitrogens with zero attached hydrogens (tertiary/aromatic N) is 4. The summed E-state index contributed by atoms with van der Waals surface area (Å²) in [5.74, 6) is -1.05. The molecule has 0 fully saturated rings. The average molecular weight is 369 g/mol. The molecule has 0 radical (unpaired) electrons. The molecule has 2 aromatic heterocycles. The molecular weight excluding hydrogens is 356 g/mol. The fourth-order valence-electron chi connectivity index (χ4n) is 3.12. The summed E-state index contributed by atoms with van der Waals surface area (Å²) in [7, 11) is 0. The minimum Gasteiger partial charge on any atom is -0.481 e. The van der Waals surface area contributed by atoms with E-state index >= 15 is 0 Å². The summed E-state index contributed by atoms with van der Waals surface area (Å²) in [6, 6.07) is 5.65. The van der Waals surface area contributed by atoms with Crippen molar-refractivity contribution in [2.24, 2.45) is 0 Å². The highest BCUT2D eigenvalue weighted by Gasteiger charge is 2.19. The quantitative estimate of drug-likeness (QED) is 0.757. The van der Waals surface area contributed by atoms with Crippen molar-refractivity contribution in [1.29, 1.82) is 0 Å². The molecule has 26 heavy (non-hydrogen) atoms. The van der Waals surface area contributed by atoms with Gasteiger partial charge in [-0.2, -0.15) is 5.10 Å². The Bertz CT molecular complexity index is 1140. The second kappa shape index (κ2) is 6.34. The molecular formula is C18H13ClN4O3. The van der Waals surface area contributed by atoms with Gasteiger partial charge in [0, 0.05) is 17.4 Å². The van der Waals surface area contributed by atoms with Gasteiger partial charge in [-0.25, -0.2) is 9.67 Å². The number of hydrogen-bond acceptors (Lipinski definition) is 5. The summed E-state index contributed by atoms with van der Waals surface area (Å²) >= 11 is 6.09. The van der Waals surface area contributed by atoms with Gasteiger partial charge < -0.3 is 5.11 Å². The van der Waals surface area contributed by atoms with Crippen molar-refractivity contribution in [1.82, 2.24) is 19.7 Å². The van der Waals surface area contributed by atoms with Crippen molar-refractivity contribution in [2.45, 2.75) is 19.4 Å². The van der Waals surface area contributed by atoms with Crippen molar-refractivity contribution in [3.05, 3.63) is 68.9 Å². The van der Waals surface area contributed by atoms with E-state index in [4.69, 9.17) is 16.7 Å². The Morgan fingerprint density at radius 2 is 2.00 bits per heavy atom. The molecule has 0 atom stereocenters. The fraction of sp³-hybridized carbons (Fsp3) is 0.167. The molecule has 0 saturated heterocycles. The minimum atomic E-state index is -1.05. The van der Waals surface area contributed by atoms with Crippen LogP contribution in [0.3, 0.4) is 0 Å². The number of hydrogen-bond donors (Lipinski definition) is 1. The van der Waals surface area contributed by atoms with Gasteiger partial charge in [0.1, 0.15) is 11.2 Å². The molecule has 0 amide bonds. The van der Waals surface area contributed by atoms with E-state index in [9.17, 15) is 9.59 Å². The zero-order valence-electron chi connectivity index (χ0n) is 13.5. The topological polar surface area (TPSA) is 98.0 Å². The minimum absolute atomic E-state index is 0.115. The highest BCUT2D eigenvalue weighted by atomic mass is 35.5. The van der Waals surface area contributed by atoms with Crippen molar-refractivity contribution in [2.75, 3.05) is 0 Å². The standard InChI is InChI=1S/C18H13ClN4O3/c19-12-4-3-10-1-2-11(13(10)7-12)9-23-18(26)17-16(20-5-6-21-17)14(22-23)8-15(24)25/h2-7H,1,8-9H2,(H,24,25). The van der Waals surface area contributed by atoms with Crippen LogP contribution in [0, 0.1) is 0 Å². The Labute approximate surface area is 152 Å². The number of carboxylic acid groups (broad SMARTS) is 1. The molecule has 1 aliphatic carbocycles. The first-order chi connectivity index (χ1) is 12.5. The van der Waals surface area contributed by atoms with E-state index in [0.29, 0.717) is 5.02 Å². The zero-order chi connectivity index (χ0) is 18.3. The molecule has 4 rings (SSSR count). The van der Waals surface area contributed by atoms with Crippen LogP contribution in [0.4, 0.5) is 0 Å². The van der Waals surface area contributed by atoms with E-state index in [1.165, 1.54) is 17.1 Å². The van der Waals surface area contributed by atoms with E-state index in [0.717, 1.165) is 23.1 Å². The first-order valence-electron chi connectivity index (χ1n) is 7.93. The van der Waals surface area contributed by atoms with E-state index in [1.54, 1.807) is 0 Å². The Balaban J connectivity index is 1.81. The number of aromatic nitrogens is 4. The van der Waals surface area contributed by atoms with Gasteiger partial charge in [0.25, 0.3) is 5.56 Å². The maximum Gasteiger partial charge on any atom is 0.309 e. The first-order valence-corrected chi connectivity index (χ1v) is 8.31. The van der Waals surface area contributed by atoms with E-state index in [-0.39, 0.29) is 29.7 Å². The van der Waals surface area contributed by atoms with Gasteiger partial charge >= 0.3 is 5.97 Å². The number of aliphatic carboxylic acids is 1. The number of carboxylic acids is 1. The van der Waals surface area contributed by atoms with Gasteiger partial charge in [0.15, 0.2) is 5.52 Å². The zero-order valence-corrected chi connectivity index (χ0v) is 14.3. The molecule has 0 saturated carbocycles. The van der Waals surface area contributed by atoms with Crippen LogP contribution in [0.5, 0.6) is 0 Å². The lowest BCUT2D eigenvalue weighted by molar-refractivity contribution is -0.136. The number of fused-ring (bicyclic) bond motifs is 2. The molecule has 2 heterocycles. The Kier molecular flexibility index (Phi) is 4.00. The second-order valence-corrected chi connectivity index (χ2v) is 6.40. The molecule has 0 unspecified atom stereocenters. The molecule has 1 aliphatic rings. The largest absolute Gasteiger partial charge is 0.481 e. The molecule has 7 nitrogen and oxygen atoms in total. The third kappa shape index (κ3) is 2.86. The molecule has 0 aliphatic heterocycles. The lowest BCUT2D eigenvalue weighted by Gasteiger charge is -2.11. The summed E-state index contributed by atoms with van der Waals surface area (Å²) < 4.78 is 1.25. The van der Waals surface area contributed by atoms with Crippen LogP contribution < -0.4 is 5.56 Å². The maximum atomic E-state index is 12.7. The summed E-state index contributed by atoms with van der Waals surface area (Å²) in [5, 5.41) is 14.0. The van der Waals surface area contributed by atoms with Gasteiger partial charge in [-0.05, 0) is 35.3 Å². The molecule has 3 aromatic rings. The van der Waals surface area contributed by atoms with Gasteiger partial charge in [-0.15, -0.1) is 0 Å². The summed E-state index contributed by atoms with van der Waals surface area (Å²) in [4.78, 5) is 32.0. The van der Waals surface area contributed by atoms with Crippen molar-refractivity contribution in [3.8, 4) is 0 Å². The number of halogens is 1. The number of carbonyl (C=O) groups is 1. The molecule has 1 aromatic carbocycles. The van der Waals surface area contributed by atoms with Crippen LogP contribution in [0.1, 0.15) is 16.8 Å². The maximum absolute atomic E-state index is 12.7. The van der Waals surface area contributed by atoms with E-state index in [1.807, 2.05) is 24.3 Å². The van der Waals surface area contributed by atoms with E-state index < -0.39 is 11.5 Å². The van der Waals surface area contributed by atoms with Crippen LogP contribution in [-0.2, 0) is 24.2 Å². The molecule has 8 heteroatoms. The van der Waals surface area contributed by atoms with Gasteiger partial charge in [-0.1, -0.05) is 23.7 Å². The molecule has 130 valence electrons. The highest BCUT2D eigenvalue weighted by Crippen LogP contribution is 2.30. The second-order valence-electron chi connectivity index (χ2n) is 5.97. The molecule has 0 bridgehead atoms. The monoisotopic (exact) mass is 368 g/mol. The summed E-state index contributed by atoms with van der Waals surface area (Å²) in [5.41, 5.74) is 3.17. The predicted octanol–water partition coefficient (Wildman–Crippen LogP) is 2.11. The Morgan fingerprint density at radius 3 is 2.77 bits per heavy atom. The predicted molar refractivity (Wildman–Crippen MR) is 96.1 cm³/mol. The van der Waals surface area contributed by atoms with Crippen LogP contribution in [0.25, 0.3) is 16.6 Å². The van der Waals surface area contributed by atoms with Crippen molar-refractivity contribution >= 4 is 34.2 Å². The Morgan fingerprint density at radius 1 is 1.23 bits per heavy atom. The van der Waals surface area contributed by atoms with Crippen LogP contribution in [-0.4, -0.2) is 30.8 Å². The third-order valence-electron chi connectivity index (χ3n) is 4.28. The Hall–Kier alpha value is -3.06. The highest BCUT2D eigenvalue weighted by molar-refractivity contribution is 6.30. The smallest absolute Gasteiger partial charge is 0.309 e. The van der Waals surface area contributed by atoms with E-state index in [2.05, 4.69) is 15.1 Å². The lowest BCUT2D eigenvalue weighted by atomic mass is 10.1. The van der Waals surface area contributed by atoms with Gasteiger partial charge in [0.05, 0.1) is 13.0 Å². The van der Waals surface area contributed by atoms with Crippen molar-refractivity contribution in [3.63, 3.8) is 0 Å². The van der Waals surface area contributed by atoms with Crippen LogP contribution >= 0.6 is 11.6 Å². The number of benzene rings is 1. The summed E-state index contributed by atoms with van der Waals surface area (Å²) in [6.07, 6.45) is 5.26. The molecule has 0 spiro atoms. The average Bonchev–Trinajstić information content (AvgIpc) is 3.01. The first kappa shape index (κ1) is 16.4. The van der Waals surface area contributed by atoms with Gasteiger partial charge in [-0.3, -0.25) is 14.6 Å². The van der Waals surface area contributed by atoms with Crippen LogP contribution in [0.15, 0.2) is 41.5 Å². The SMILES string of the molecule is O=C(O)Cc1nn(CC2=CCc3ccc(Cl)cc32)c(=O)c2nccnc12. The summed E-state index contributed by atoms with van der Waals surface area (Å²) in [6.45, 7) is 0.214. The number of rotatable bonds is 4. The third-order valence-corrected chi connectivity index (χ3v) is 4.51.